The smallest absolute Gasteiger partial charge is 0.169 e. The monoisotopic (exact) mass is 313 g/mol. The molecular weight excluding hydrogens is 302 g/mol. The van der Waals surface area contributed by atoms with Crippen molar-refractivity contribution < 1.29 is 4.79 Å². The molecule has 0 amide bonds. The molecule has 1 aromatic heterocycles. The number of carbonyl (C=O) groups excluding carboxylic acids is 1. The van der Waals surface area contributed by atoms with Crippen LogP contribution in [0.25, 0.3) is 10.9 Å². The molecule has 0 saturated heterocycles. The summed E-state index contributed by atoms with van der Waals surface area (Å²) in [7, 11) is 0. The number of carbonyl (C=O) groups is 1. The van der Waals surface area contributed by atoms with Crippen molar-refractivity contribution in [3.8, 4) is 0 Å². The van der Waals surface area contributed by atoms with Crippen LogP contribution in [0.1, 0.15) is 15.9 Å². The molecule has 0 unspecified atom stereocenters. The molecule has 3 heteroatoms. The maximum absolute atomic E-state index is 12.4. The highest BCUT2D eigenvalue weighted by molar-refractivity contribution is 9.10. The fourth-order valence-electron chi connectivity index (χ4n) is 2.20. The first-order chi connectivity index (χ1) is 9.24. The number of hydrogen-bond donors (Lipinski definition) is 1. The summed E-state index contributed by atoms with van der Waals surface area (Å²) < 4.78 is 0.980. The highest BCUT2D eigenvalue weighted by atomic mass is 79.9. The molecule has 94 valence electrons. The molecule has 3 aromatic rings. The molecule has 0 aliphatic heterocycles. The lowest BCUT2D eigenvalue weighted by molar-refractivity contribution is 0.0994. The van der Waals surface area contributed by atoms with E-state index in [0.717, 1.165) is 26.5 Å². The van der Waals surface area contributed by atoms with Crippen LogP contribution in [0.4, 0.5) is 0 Å². The first-order valence-electron chi connectivity index (χ1n) is 6.08. The largest absolute Gasteiger partial charge is 0.360 e. The van der Waals surface area contributed by atoms with E-state index in [4.69, 9.17) is 0 Å². The van der Waals surface area contributed by atoms with Crippen molar-refractivity contribution in [3.63, 3.8) is 0 Å². The highest BCUT2D eigenvalue weighted by Crippen LogP contribution is 2.23. The minimum Gasteiger partial charge on any atom is -0.360 e. The summed E-state index contributed by atoms with van der Waals surface area (Å²) in [6.07, 6.45) is 2.22. The molecule has 0 aliphatic rings. The molecule has 1 N–H and O–H groups in total. The van der Waals surface area contributed by atoms with Crippen molar-refractivity contribution in [1.29, 1.82) is 0 Å². The lowest BCUT2D eigenvalue weighted by Gasteiger charge is -2.00. The fraction of sp³-hybridized carbons (Fsp3) is 0.0625. The summed E-state index contributed by atoms with van der Waals surface area (Å²) in [4.78, 5) is 15.5. The van der Waals surface area contributed by atoms with Gasteiger partial charge in [0.1, 0.15) is 0 Å². The molecule has 0 spiro atoms. The molecule has 0 radical (unpaired) electrons. The van der Waals surface area contributed by atoms with Crippen LogP contribution in [0.2, 0.25) is 0 Å². The van der Waals surface area contributed by atoms with Crippen LogP contribution in [0, 0.1) is 0 Å². The summed E-state index contributed by atoms with van der Waals surface area (Å²) in [6.45, 7) is 0. The van der Waals surface area contributed by atoms with E-state index in [1.54, 1.807) is 6.20 Å². The number of halogens is 1. The van der Waals surface area contributed by atoms with Gasteiger partial charge < -0.3 is 4.98 Å². The number of Topliss-reactive ketones (excluding diaryl/α,β-unsaturated/α-hetero) is 1. The lowest BCUT2D eigenvalue weighted by Crippen LogP contribution is -2.02. The first kappa shape index (κ1) is 12.2. The van der Waals surface area contributed by atoms with Crippen LogP contribution in [0.5, 0.6) is 0 Å². The van der Waals surface area contributed by atoms with Gasteiger partial charge in [-0.05, 0) is 23.8 Å². The molecule has 19 heavy (non-hydrogen) atoms. The van der Waals surface area contributed by atoms with Crippen molar-refractivity contribution >= 4 is 32.6 Å². The summed E-state index contributed by atoms with van der Waals surface area (Å²) in [6, 6.07) is 15.7. The van der Waals surface area contributed by atoms with Crippen LogP contribution in [0.15, 0.2) is 59.2 Å². The van der Waals surface area contributed by atoms with Gasteiger partial charge in [-0.1, -0.05) is 46.3 Å². The van der Waals surface area contributed by atoms with Crippen LogP contribution in [0.3, 0.4) is 0 Å². The van der Waals surface area contributed by atoms with Gasteiger partial charge in [-0.3, -0.25) is 4.79 Å². The Morgan fingerprint density at radius 1 is 1.11 bits per heavy atom. The summed E-state index contributed by atoms with van der Waals surface area (Å²) in [5.41, 5.74) is 2.77. The standard InChI is InChI=1S/C16H12BrNO/c17-12-6-7-15-13(9-12)14(10-18-15)16(19)8-11-4-2-1-3-5-11/h1-7,9-10,18H,8H2. The molecule has 0 aliphatic carbocycles. The average molecular weight is 314 g/mol. The predicted molar refractivity (Wildman–Crippen MR) is 80.5 cm³/mol. The Labute approximate surface area is 119 Å². The average Bonchev–Trinajstić information content (AvgIpc) is 2.82. The third-order valence-electron chi connectivity index (χ3n) is 3.15. The van der Waals surface area contributed by atoms with Crippen molar-refractivity contribution in [2.75, 3.05) is 0 Å². The minimum absolute atomic E-state index is 0.135. The Bertz CT molecular complexity index is 731. The van der Waals surface area contributed by atoms with Gasteiger partial charge in [0, 0.05) is 33.6 Å². The second-order valence-corrected chi connectivity index (χ2v) is 5.39. The van der Waals surface area contributed by atoms with Crippen molar-refractivity contribution in [2.24, 2.45) is 0 Å². The van der Waals surface area contributed by atoms with E-state index in [0.29, 0.717) is 6.42 Å². The van der Waals surface area contributed by atoms with Crippen LogP contribution in [-0.4, -0.2) is 10.8 Å². The van der Waals surface area contributed by atoms with Gasteiger partial charge in [0.25, 0.3) is 0 Å². The second kappa shape index (κ2) is 5.02. The zero-order chi connectivity index (χ0) is 13.2. The Morgan fingerprint density at radius 2 is 1.89 bits per heavy atom. The molecule has 1 heterocycles. The third kappa shape index (κ3) is 2.47. The zero-order valence-electron chi connectivity index (χ0n) is 10.2. The Morgan fingerprint density at radius 3 is 2.68 bits per heavy atom. The maximum Gasteiger partial charge on any atom is 0.169 e. The van der Waals surface area contributed by atoms with Crippen LogP contribution in [-0.2, 0) is 6.42 Å². The SMILES string of the molecule is O=C(Cc1ccccc1)c1c[nH]c2ccc(Br)cc12. The molecular formula is C16H12BrNO. The number of fused-ring (bicyclic) bond motifs is 1. The topological polar surface area (TPSA) is 32.9 Å². The Balaban J connectivity index is 1.96. The van der Waals surface area contributed by atoms with Gasteiger partial charge in [0.15, 0.2) is 5.78 Å². The van der Waals surface area contributed by atoms with E-state index in [1.165, 1.54) is 0 Å². The predicted octanol–water partition coefficient (Wildman–Crippen LogP) is 4.36. The van der Waals surface area contributed by atoms with E-state index in [9.17, 15) is 4.79 Å². The van der Waals surface area contributed by atoms with Crippen molar-refractivity contribution in [1.82, 2.24) is 4.98 Å². The summed E-state index contributed by atoms with van der Waals surface area (Å²) in [5, 5.41) is 0.968. The number of ketones is 1. The second-order valence-electron chi connectivity index (χ2n) is 4.48. The molecule has 0 fully saturated rings. The van der Waals surface area contributed by atoms with Crippen molar-refractivity contribution in [2.45, 2.75) is 6.42 Å². The number of aromatic nitrogens is 1. The summed E-state index contributed by atoms with van der Waals surface area (Å²) >= 11 is 3.44. The summed E-state index contributed by atoms with van der Waals surface area (Å²) in [5.74, 6) is 0.135. The minimum atomic E-state index is 0.135. The molecule has 0 bridgehead atoms. The highest BCUT2D eigenvalue weighted by Gasteiger charge is 2.12. The van der Waals surface area contributed by atoms with Crippen LogP contribution < -0.4 is 0 Å². The van der Waals surface area contributed by atoms with E-state index >= 15 is 0 Å². The third-order valence-corrected chi connectivity index (χ3v) is 3.64. The van der Waals surface area contributed by atoms with E-state index < -0.39 is 0 Å². The van der Waals surface area contributed by atoms with Gasteiger partial charge in [-0.25, -0.2) is 0 Å². The van der Waals surface area contributed by atoms with E-state index in [2.05, 4.69) is 20.9 Å². The molecule has 0 atom stereocenters. The number of hydrogen-bond acceptors (Lipinski definition) is 1. The van der Waals surface area contributed by atoms with Gasteiger partial charge in [-0.2, -0.15) is 0 Å². The van der Waals surface area contributed by atoms with E-state index in [-0.39, 0.29) is 5.78 Å². The first-order valence-corrected chi connectivity index (χ1v) is 6.87. The molecule has 2 nitrogen and oxygen atoms in total. The van der Waals surface area contributed by atoms with Gasteiger partial charge >= 0.3 is 0 Å². The van der Waals surface area contributed by atoms with Gasteiger partial charge in [0.05, 0.1) is 0 Å². The Kier molecular flexibility index (Phi) is 3.22. The number of benzene rings is 2. The van der Waals surface area contributed by atoms with Gasteiger partial charge in [-0.15, -0.1) is 0 Å². The number of H-pyrrole nitrogens is 1. The van der Waals surface area contributed by atoms with Crippen molar-refractivity contribution in [3.05, 3.63) is 70.3 Å². The van der Waals surface area contributed by atoms with Gasteiger partial charge in [0.2, 0.25) is 0 Å². The zero-order valence-corrected chi connectivity index (χ0v) is 11.8. The quantitative estimate of drug-likeness (QED) is 0.716. The normalized spacial score (nSPS) is 10.8. The lowest BCUT2D eigenvalue weighted by atomic mass is 10.0. The molecule has 0 saturated carbocycles. The fourth-order valence-corrected chi connectivity index (χ4v) is 2.56. The number of aromatic amines is 1. The molecule has 3 rings (SSSR count). The molecule has 2 aromatic carbocycles. The van der Waals surface area contributed by atoms with E-state index in [1.807, 2.05) is 48.5 Å². The number of rotatable bonds is 3. The Hall–Kier alpha value is -1.87. The maximum atomic E-state index is 12.4. The number of nitrogens with one attached hydrogen (secondary N) is 1. The van der Waals surface area contributed by atoms with Crippen LogP contribution >= 0.6 is 15.9 Å².